The highest BCUT2D eigenvalue weighted by atomic mass is 35.5. The number of nitrogens with two attached hydrogens (primary N) is 1. The lowest BCUT2D eigenvalue weighted by atomic mass is 9.94. The zero-order chi connectivity index (χ0) is 16.6. The van der Waals surface area contributed by atoms with Gasteiger partial charge in [0.15, 0.2) is 0 Å². The maximum absolute atomic E-state index is 12.7. The van der Waals surface area contributed by atoms with E-state index in [4.69, 9.17) is 22.1 Å². The minimum Gasteiger partial charge on any atom is -0.497 e. The lowest BCUT2D eigenvalue weighted by molar-refractivity contribution is -0.120. The van der Waals surface area contributed by atoms with Crippen LogP contribution in [0.4, 0.5) is 5.69 Å². The Hall–Kier alpha value is -2.04. The monoisotopic (exact) mass is 330 g/mol. The molecule has 2 atom stereocenters. The predicted octanol–water partition coefficient (Wildman–Crippen LogP) is 3.33. The van der Waals surface area contributed by atoms with Crippen LogP contribution in [-0.2, 0) is 11.2 Å². The fraction of sp³-hybridized carbons (Fsp3) is 0.278. The van der Waals surface area contributed by atoms with E-state index in [2.05, 4.69) is 0 Å². The van der Waals surface area contributed by atoms with E-state index in [0.717, 1.165) is 22.6 Å². The van der Waals surface area contributed by atoms with Crippen molar-refractivity contribution in [2.24, 2.45) is 5.73 Å². The number of halogens is 1. The molecule has 1 heterocycles. The van der Waals surface area contributed by atoms with Gasteiger partial charge in [0.05, 0.1) is 19.2 Å². The van der Waals surface area contributed by atoms with Crippen LogP contribution in [0.5, 0.6) is 5.75 Å². The molecule has 0 aromatic heterocycles. The highest BCUT2D eigenvalue weighted by molar-refractivity contribution is 6.31. The van der Waals surface area contributed by atoms with E-state index >= 15 is 0 Å². The Kier molecular flexibility index (Phi) is 4.28. The van der Waals surface area contributed by atoms with Crippen molar-refractivity contribution >= 4 is 23.2 Å². The van der Waals surface area contributed by atoms with Crippen LogP contribution in [0.15, 0.2) is 42.5 Å². The summed E-state index contributed by atoms with van der Waals surface area (Å²) in [7, 11) is 1.63. The maximum atomic E-state index is 12.7. The molecular formula is C18H19ClN2O2. The number of fused-ring (bicyclic) bond motifs is 1. The van der Waals surface area contributed by atoms with Gasteiger partial charge in [-0.15, -0.1) is 0 Å². The molecule has 2 aromatic rings. The van der Waals surface area contributed by atoms with Crippen molar-refractivity contribution in [3.8, 4) is 5.75 Å². The van der Waals surface area contributed by atoms with Crippen LogP contribution in [-0.4, -0.2) is 19.1 Å². The van der Waals surface area contributed by atoms with Gasteiger partial charge in [0.2, 0.25) is 5.91 Å². The normalized spacial score (nSPS) is 18.5. The molecule has 120 valence electrons. The fourth-order valence-electron chi connectivity index (χ4n) is 3.01. The highest BCUT2D eigenvalue weighted by Crippen LogP contribution is 2.36. The summed E-state index contributed by atoms with van der Waals surface area (Å²) in [5, 5.41) is 0.606. The molecule has 5 heteroatoms. The van der Waals surface area contributed by atoms with Gasteiger partial charge >= 0.3 is 0 Å². The molecule has 3 rings (SSSR count). The van der Waals surface area contributed by atoms with Gasteiger partial charge in [0, 0.05) is 10.7 Å². The molecule has 4 nitrogen and oxygen atoms in total. The summed E-state index contributed by atoms with van der Waals surface area (Å²) < 4.78 is 5.28. The number of hydrogen-bond acceptors (Lipinski definition) is 3. The first-order valence-corrected chi connectivity index (χ1v) is 7.90. The topological polar surface area (TPSA) is 55.6 Å². The largest absolute Gasteiger partial charge is 0.497 e. The summed E-state index contributed by atoms with van der Waals surface area (Å²) in [5.74, 6) is 0.671. The van der Waals surface area contributed by atoms with E-state index in [-0.39, 0.29) is 11.9 Å². The Morgan fingerprint density at radius 2 is 2.09 bits per heavy atom. The van der Waals surface area contributed by atoms with Gasteiger partial charge in [-0.1, -0.05) is 29.8 Å². The first kappa shape index (κ1) is 15.8. The minimum absolute atomic E-state index is 0.0879. The van der Waals surface area contributed by atoms with Crippen LogP contribution in [0.2, 0.25) is 5.02 Å². The third-order valence-electron chi connectivity index (χ3n) is 4.26. The van der Waals surface area contributed by atoms with Gasteiger partial charge in [-0.05, 0) is 48.7 Å². The van der Waals surface area contributed by atoms with Gasteiger partial charge in [0.1, 0.15) is 5.75 Å². The lowest BCUT2D eigenvalue weighted by Gasteiger charge is -2.37. The Morgan fingerprint density at radius 1 is 1.30 bits per heavy atom. The van der Waals surface area contributed by atoms with Crippen LogP contribution in [0.3, 0.4) is 0 Å². The number of hydrogen-bond donors (Lipinski definition) is 1. The molecule has 0 aliphatic carbocycles. The molecule has 0 unspecified atom stereocenters. The minimum atomic E-state index is -0.531. The van der Waals surface area contributed by atoms with E-state index in [1.54, 1.807) is 12.0 Å². The molecule has 0 saturated heterocycles. The average Bonchev–Trinajstić information content (AvgIpc) is 2.56. The highest BCUT2D eigenvalue weighted by Gasteiger charge is 2.34. The van der Waals surface area contributed by atoms with Gasteiger partial charge in [0.25, 0.3) is 0 Å². The molecule has 1 amide bonds. The summed E-state index contributed by atoms with van der Waals surface area (Å²) >= 11 is 6.14. The molecule has 1 aliphatic rings. The fourth-order valence-corrected chi connectivity index (χ4v) is 3.17. The first-order chi connectivity index (χ1) is 11.0. The second kappa shape index (κ2) is 6.22. The Morgan fingerprint density at radius 3 is 2.83 bits per heavy atom. The molecule has 23 heavy (non-hydrogen) atoms. The second-order valence-electron chi connectivity index (χ2n) is 5.74. The van der Waals surface area contributed by atoms with Crippen molar-refractivity contribution in [3.05, 3.63) is 58.6 Å². The van der Waals surface area contributed by atoms with Gasteiger partial charge < -0.3 is 15.4 Å². The van der Waals surface area contributed by atoms with Gasteiger partial charge in [-0.3, -0.25) is 4.79 Å². The SMILES string of the molecule is COc1cccc([C@H](C)N2C(=O)[C@H](N)Cc3ccc(Cl)cc32)c1. The van der Waals surface area contributed by atoms with Crippen molar-refractivity contribution in [3.63, 3.8) is 0 Å². The number of carbonyl (C=O) groups excluding carboxylic acids is 1. The number of rotatable bonds is 3. The smallest absolute Gasteiger partial charge is 0.244 e. The van der Waals surface area contributed by atoms with Gasteiger partial charge in [-0.25, -0.2) is 0 Å². The third-order valence-corrected chi connectivity index (χ3v) is 4.50. The Bertz CT molecular complexity index is 748. The first-order valence-electron chi connectivity index (χ1n) is 7.52. The van der Waals surface area contributed by atoms with Gasteiger partial charge in [-0.2, -0.15) is 0 Å². The number of ether oxygens (including phenoxy) is 1. The van der Waals surface area contributed by atoms with Crippen molar-refractivity contribution < 1.29 is 9.53 Å². The standard InChI is InChI=1S/C18H19ClN2O2/c1-11(12-4-3-5-15(8-12)23-2)21-17-10-14(19)7-6-13(17)9-16(20)18(21)22/h3-8,10-11,16H,9,20H2,1-2H3/t11-,16+/m0/s1. The number of benzene rings is 2. The molecular weight excluding hydrogens is 312 g/mol. The summed E-state index contributed by atoms with van der Waals surface area (Å²) in [5.41, 5.74) is 8.90. The molecule has 0 radical (unpaired) electrons. The van der Waals surface area contributed by atoms with Crippen molar-refractivity contribution in [2.75, 3.05) is 12.0 Å². The number of amides is 1. The molecule has 0 spiro atoms. The zero-order valence-corrected chi connectivity index (χ0v) is 13.9. The Balaban J connectivity index is 2.06. The van der Waals surface area contributed by atoms with E-state index in [0.29, 0.717) is 11.4 Å². The number of nitrogens with zero attached hydrogens (tertiary/aromatic N) is 1. The predicted molar refractivity (Wildman–Crippen MR) is 92.0 cm³/mol. The number of methoxy groups -OCH3 is 1. The van der Waals surface area contributed by atoms with E-state index in [1.807, 2.05) is 49.4 Å². The third kappa shape index (κ3) is 2.92. The Labute approximate surface area is 140 Å². The number of carbonyl (C=O) groups is 1. The van der Waals surface area contributed by atoms with Crippen molar-refractivity contribution in [1.82, 2.24) is 0 Å². The molecule has 0 bridgehead atoms. The summed E-state index contributed by atoms with van der Waals surface area (Å²) in [6.07, 6.45) is 0.534. The van der Waals surface area contributed by atoms with E-state index < -0.39 is 6.04 Å². The lowest BCUT2D eigenvalue weighted by Crippen LogP contribution is -2.49. The van der Waals surface area contributed by atoms with Crippen LogP contribution in [0.1, 0.15) is 24.1 Å². The van der Waals surface area contributed by atoms with Crippen LogP contribution in [0.25, 0.3) is 0 Å². The van der Waals surface area contributed by atoms with E-state index in [1.165, 1.54) is 0 Å². The molecule has 2 N–H and O–H groups in total. The molecule has 0 saturated carbocycles. The summed E-state index contributed by atoms with van der Waals surface area (Å²) in [6, 6.07) is 12.6. The molecule has 0 fully saturated rings. The summed E-state index contributed by atoms with van der Waals surface area (Å²) in [6.45, 7) is 1.98. The van der Waals surface area contributed by atoms with Crippen molar-refractivity contribution in [1.29, 1.82) is 0 Å². The average molecular weight is 331 g/mol. The number of anilines is 1. The second-order valence-corrected chi connectivity index (χ2v) is 6.18. The van der Waals surface area contributed by atoms with E-state index in [9.17, 15) is 4.79 Å². The van der Waals surface area contributed by atoms with Crippen LogP contribution >= 0.6 is 11.6 Å². The maximum Gasteiger partial charge on any atom is 0.244 e. The quantitative estimate of drug-likeness (QED) is 0.939. The summed E-state index contributed by atoms with van der Waals surface area (Å²) in [4.78, 5) is 14.4. The molecule has 1 aliphatic heterocycles. The zero-order valence-electron chi connectivity index (χ0n) is 13.1. The van der Waals surface area contributed by atoms with Crippen molar-refractivity contribution in [2.45, 2.75) is 25.4 Å². The van der Waals surface area contributed by atoms with Crippen LogP contribution in [0, 0.1) is 0 Å². The van der Waals surface area contributed by atoms with Crippen LogP contribution < -0.4 is 15.4 Å². The molecule has 2 aromatic carbocycles.